The number of rotatable bonds is 14. The minimum Gasteiger partial charge on any atom is -0.381 e. The molecule has 0 aromatic heterocycles. The third-order valence-corrected chi connectivity index (χ3v) is 3.18. The van der Waals surface area contributed by atoms with E-state index in [2.05, 4.69) is 13.8 Å². The van der Waals surface area contributed by atoms with E-state index < -0.39 is 0 Å². The van der Waals surface area contributed by atoms with Crippen LogP contribution < -0.4 is 0 Å². The molecule has 0 aliphatic rings. The van der Waals surface area contributed by atoms with Crippen molar-refractivity contribution in [1.82, 2.24) is 0 Å². The Kier molecular flexibility index (Phi) is 15.9. The highest BCUT2D eigenvalue weighted by Crippen LogP contribution is 2.06. The van der Waals surface area contributed by atoms with E-state index in [-0.39, 0.29) is 0 Å². The highest BCUT2D eigenvalue weighted by atomic mass is 16.5. The van der Waals surface area contributed by atoms with Crippen molar-refractivity contribution in [3.8, 4) is 0 Å². The fourth-order valence-corrected chi connectivity index (χ4v) is 2.00. The number of unbranched alkanes of at least 4 members (excludes halogenated alkanes) is 10. The Labute approximate surface area is 109 Å². The average molecular weight is 241 g/mol. The zero-order chi connectivity index (χ0) is 12.6. The van der Waals surface area contributed by atoms with Crippen LogP contribution in [0.3, 0.4) is 0 Å². The van der Waals surface area contributed by atoms with Gasteiger partial charge in [-0.2, -0.15) is 0 Å². The molecule has 0 saturated carbocycles. The fourth-order valence-electron chi connectivity index (χ4n) is 2.00. The van der Waals surface area contributed by atoms with Gasteiger partial charge in [0.05, 0.1) is 0 Å². The smallest absolute Gasteiger partial charge is 0.0466 e. The molecule has 0 spiro atoms. The van der Waals surface area contributed by atoms with E-state index in [1.165, 1.54) is 70.6 Å². The molecule has 0 N–H and O–H groups in total. The molecule has 0 unspecified atom stereocenters. The zero-order valence-corrected chi connectivity index (χ0v) is 12.0. The van der Waals surface area contributed by atoms with Crippen molar-refractivity contribution in [1.29, 1.82) is 0 Å². The van der Waals surface area contributed by atoms with Gasteiger partial charge in [-0.25, -0.2) is 0 Å². The van der Waals surface area contributed by atoms with Gasteiger partial charge >= 0.3 is 0 Å². The van der Waals surface area contributed by atoms with E-state index in [1.807, 2.05) is 0 Å². The summed E-state index contributed by atoms with van der Waals surface area (Å²) in [5.41, 5.74) is 0. The van der Waals surface area contributed by atoms with Crippen LogP contribution in [0.4, 0.5) is 0 Å². The number of ether oxygens (including phenoxy) is 1. The predicted molar refractivity (Wildman–Crippen MR) is 77.3 cm³/mol. The van der Waals surface area contributed by atoms with Crippen LogP contribution in [-0.2, 0) is 4.74 Å². The van der Waals surface area contributed by atoms with Crippen LogP contribution in [0.2, 0.25) is 0 Å². The second kappa shape index (κ2) is 16.0. The lowest BCUT2D eigenvalue weighted by atomic mass is 10.1. The van der Waals surface area contributed by atoms with Crippen molar-refractivity contribution in [3.63, 3.8) is 0 Å². The summed E-state index contributed by atoms with van der Waals surface area (Å²) < 4.78 is 5.63. The van der Waals surface area contributed by atoms with Gasteiger partial charge in [-0.1, -0.05) is 78.1 Å². The maximum absolute atomic E-state index is 5.63. The summed E-state index contributed by atoms with van der Waals surface area (Å²) in [6.45, 7) is 8.07. The molecule has 0 rings (SSSR count). The predicted octanol–water partition coefficient (Wildman–Crippen LogP) is 5.54. The van der Waals surface area contributed by atoms with Gasteiger partial charge in [0, 0.05) is 13.2 Å². The van der Waals surface area contributed by atoms with Gasteiger partial charge < -0.3 is 4.74 Å². The Bertz CT molecular complexity index is 109. The first-order valence-electron chi connectivity index (χ1n) is 7.78. The summed E-state index contributed by atoms with van der Waals surface area (Å²) in [6.07, 6.45) is 15.8. The van der Waals surface area contributed by atoms with Crippen LogP contribution in [0.5, 0.6) is 0 Å². The van der Waals surface area contributed by atoms with E-state index in [4.69, 9.17) is 4.74 Å². The van der Waals surface area contributed by atoms with E-state index in [0.29, 0.717) is 0 Å². The van der Waals surface area contributed by atoms with Gasteiger partial charge in [0.1, 0.15) is 0 Å². The molecule has 1 heteroatoms. The van der Waals surface area contributed by atoms with Crippen LogP contribution in [0.1, 0.15) is 84.0 Å². The van der Waals surface area contributed by atoms with Crippen LogP contribution in [0.25, 0.3) is 0 Å². The van der Waals surface area contributed by atoms with Crippen LogP contribution in [0, 0.1) is 6.92 Å². The largest absolute Gasteiger partial charge is 0.381 e. The lowest BCUT2D eigenvalue weighted by Crippen LogP contribution is -1.97. The molecular weight excluding hydrogens is 208 g/mol. The average Bonchev–Trinajstić information content (AvgIpc) is 2.35. The van der Waals surface area contributed by atoms with Crippen molar-refractivity contribution in [2.75, 3.05) is 13.2 Å². The SMILES string of the molecule is [CH2]CCCCCCCOCCCCCCCC. The van der Waals surface area contributed by atoms with Gasteiger partial charge in [0.2, 0.25) is 0 Å². The summed E-state index contributed by atoms with van der Waals surface area (Å²) in [5.74, 6) is 0. The Morgan fingerprint density at radius 3 is 1.65 bits per heavy atom. The van der Waals surface area contributed by atoms with E-state index >= 15 is 0 Å². The third kappa shape index (κ3) is 16.0. The van der Waals surface area contributed by atoms with Gasteiger partial charge in [-0.15, -0.1) is 0 Å². The Hall–Kier alpha value is -0.0400. The van der Waals surface area contributed by atoms with Crippen LogP contribution in [0.15, 0.2) is 0 Å². The molecule has 0 amide bonds. The van der Waals surface area contributed by atoms with Gasteiger partial charge in [-0.05, 0) is 12.8 Å². The van der Waals surface area contributed by atoms with E-state index in [9.17, 15) is 0 Å². The second-order valence-corrected chi connectivity index (χ2v) is 5.00. The van der Waals surface area contributed by atoms with Crippen molar-refractivity contribution < 1.29 is 4.74 Å². The summed E-state index contributed by atoms with van der Waals surface area (Å²) in [7, 11) is 0. The minimum atomic E-state index is 0.972. The molecule has 0 bridgehead atoms. The summed E-state index contributed by atoms with van der Waals surface area (Å²) in [4.78, 5) is 0. The molecule has 1 nitrogen and oxygen atoms in total. The molecule has 103 valence electrons. The Morgan fingerprint density at radius 1 is 0.647 bits per heavy atom. The summed E-state index contributed by atoms with van der Waals surface area (Å²) in [6, 6.07) is 0. The van der Waals surface area contributed by atoms with E-state index in [1.54, 1.807) is 0 Å². The molecule has 1 radical (unpaired) electrons. The zero-order valence-electron chi connectivity index (χ0n) is 12.0. The second-order valence-electron chi connectivity index (χ2n) is 5.00. The standard InChI is InChI=1S/C16H33O/c1-3-5-7-9-11-13-15-17-16-14-12-10-8-6-4-2/h1,3-16H2,2H3. The first-order chi connectivity index (χ1) is 8.41. The highest BCUT2D eigenvalue weighted by Gasteiger charge is 1.92. The fraction of sp³-hybridized carbons (Fsp3) is 0.938. The number of hydrogen-bond acceptors (Lipinski definition) is 1. The van der Waals surface area contributed by atoms with Gasteiger partial charge in [0.25, 0.3) is 0 Å². The van der Waals surface area contributed by atoms with Gasteiger partial charge in [0.15, 0.2) is 0 Å². The molecule has 0 heterocycles. The molecule has 0 saturated heterocycles. The molecule has 0 aromatic rings. The van der Waals surface area contributed by atoms with Crippen molar-refractivity contribution in [2.24, 2.45) is 0 Å². The van der Waals surface area contributed by atoms with Crippen molar-refractivity contribution in [2.45, 2.75) is 84.0 Å². The lowest BCUT2D eigenvalue weighted by molar-refractivity contribution is 0.125. The molecule has 0 aromatic carbocycles. The minimum absolute atomic E-state index is 0.972. The monoisotopic (exact) mass is 241 g/mol. The molecule has 0 aliphatic carbocycles. The van der Waals surface area contributed by atoms with Gasteiger partial charge in [-0.3, -0.25) is 0 Å². The Balaban J connectivity index is 2.85. The maximum atomic E-state index is 5.63. The normalized spacial score (nSPS) is 10.9. The molecule has 0 fully saturated rings. The first-order valence-corrected chi connectivity index (χ1v) is 7.78. The summed E-state index contributed by atoms with van der Waals surface area (Å²) >= 11 is 0. The third-order valence-electron chi connectivity index (χ3n) is 3.18. The van der Waals surface area contributed by atoms with E-state index in [0.717, 1.165) is 19.6 Å². The molecule has 0 atom stereocenters. The van der Waals surface area contributed by atoms with Crippen molar-refractivity contribution in [3.05, 3.63) is 6.92 Å². The lowest BCUT2D eigenvalue weighted by Gasteiger charge is -2.04. The highest BCUT2D eigenvalue weighted by molar-refractivity contribution is 4.47. The number of hydrogen-bond donors (Lipinski definition) is 0. The quantitative estimate of drug-likeness (QED) is 0.363. The first kappa shape index (κ1) is 17.0. The molecule has 17 heavy (non-hydrogen) atoms. The molecule has 0 aliphatic heterocycles. The maximum Gasteiger partial charge on any atom is 0.0466 e. The summed E-state index contributed by atoms with van der Waals surface area (Å²) in [5, 5.41) is 0. The van der Waals surface area contributed by atoms with Crippen LogP contribution >= 0.6 is 0 Å². The van der Waals surface area contributed by atoms with Crippen molar-refractivity contribution >= 4 is 0 Å². The molecular formula is C16H33O. The van der Waals surface area contributed by atoms with Crippen LogP contribution in [-0.4, -0.2) is 13.2 Å². The topological polar surface area (TPSA) is 9.23 Å². The Morgan fingerprint density at radius 2 is 1.12 bits per heavy atom.